The summed E-state index contributed by atoms with van der Waals surface area (Å²) in [7, 11) is 0. The van der Waals surface area contributed by atoms with E-state index in [1.165, 1.54) is 9.44 Å². The van der Waals surface area contributed by atoms with Crippen LogP contribution in [0.5, 0.6) is 0 Å². The van der Waals surface area contributed by atoms with Gasteiger partial charge >= 0.3 is 5.97 Å². The molecule has 0 fully saturated rings. The van der Waals surface area contributed by atoms with Crippen molar-refractivity contribution >= 4 is 27.5 Å². The number of thiophene rings is 1. The second-order valence-electron chi connectivity index (χ2n) is 7.57. The molecular weight excluding hydrogens is 336 g/mol. The van der Waals surface area contributed by atoms with Crippen LogP contribution in [0, 0.1) is 18.8 Å². The number of carbonyl (C=O) groups excluding carboxylic acids is 1. The minimum Gasteiger partial charge on any atom is -0.464 e. The summed E-state index contributed by atoms with van der Waals surface area (Å²) in [5.41, 5.74) is 1.04. The van der Waals surface area contributed by atoms with E-state index in [0.717, 1.165) is 29.7 Å². The lowest BCUT2D eigenvalue weighted by Crippen LogP contribution is -2.32. The monoisotopic (exact) mass is 362 g/mol. The van der Waals surface area contributed by atoms with E-state index < -0.39 is 6.04 Å². The highest BCUT2D eigenvalue weighted by atomic mass is 32.1. The molecule has 5 nitrogen and oxygen atoms in total. The molecule has 0 amide bonds. The molecular formula is C19H26N2O3S. The zero-order valence-corrected chi connectivity index (χ0v) is 16.4. The number of fused-ring (bicyclic) bond motifs is 3. The minimum absolute atomic E-state index is 0.108. The zero-order valence-electron chi connectivity index (χ0n) is 15.6. The molecule has 1 aliphatic rings. The molecule has 2 aromatic heterocycles. The number of esters is 1. The van der Waals surface area contributed by atoms with Crippen LogP contribution in [0.1, 0.15) is 56.4 Å². The van der Waals surface area contributed by atoms with Gasteiger partial charge in [0.05, 0.1) is 12.0 Å². The van der Waals surface area contributed by atoms with Gasteiger partial charge in [0.15, 0.2) is 0 Å². The topological polar surface area (TPSA) is 61.2 Å². The van der Waals surface area contributed by atoms with Gasteiger partial charge in [-0.1, -0.05) is 20.8 Å². The highest BCUT2D eigenvalue weighted by molar-refractivity contribution is 7.18. The van der Waals surface area contributed by atoms with Crippen molar-refractivity contribution in [2.24, 2.45) is 11.8 Å². The Bertz CT molecular complexity index is 866. The van der Waals surface area contributed by atoms with E-state index in [9.17, 15) is 9.59 Å². The molecule has 2 unspecified atom stereocenters. The van der Waals surface area contributed by atoms with Crippen molar-refractivity contribution in [3.8, 4) is 0 Å². The summed E-state index contributed by atoms with van der Waals surface area (Å²) in [6.45, 7) is 10.1. The molecule has 0 bridgehead atoms. The molecule has 25 heavy (non-hydrogen) atoms. The van der Waals surface area contributed by atoms with Crippen molar-refractivity contribution in [3.63, 3.8) is 0 Å². The molecule has 0 spiro atoms. The highest BCUT2D eigenvalue weighted by Crippen LogP contribution is 2.36. The molecule has 2 atom stereocenters. The van der Waals surface area contributed by atoms with Gasteiger partial charge in [0, 0.05) is 4.88 Å². The van der Waals surface area contributed by atoms with Crippen LogP contribution in [0.15, 0.2) is 4.79 Å². The van der Waals surface area contributed by atoms with Gasteiger partial charge < -0.3 is 4.74 Å². The Morgan fingerprint density at radius 3 is 2.80 bits per heavy atom. The first kappa shape index (κ1) is 18.1. The lowest BCUT2D eigenvalue weighted by Gasteiger charge is -2.19. The molecule has 2 aromatic rings. The van der Waals surface area contributed by atoms with Crippen LogP contribution in [-0.4, -0.2) is 22.1 Å². The molecule has 0 aromatic carbocycles. The van der Waals surface area contributed by atoms with E-state index in [0.29, 0.717) is 23.7 Å². The fourth-order valence-electron chi connectivity index (χ4n) is 3.43. The van der Waals surface area contributed by atoms with Crippen molar-refractivity contribution < 1.29 is 9.53 Å². The van der Waals surface area contributed by atoms with Gasteiger partial charge in [-0.25, -0.2) is 9.78 Å². The number of rotatable bonds is 4. The van der Waals surface area contributed by atoms with Crippen molar-refractivity contribution in [3.05, 3.63) is 26.6 Å². The van der Waals surface area contributed by atoms with Crippen LogP contribution in [0.4, 0.5) is 0 Å². The molecule has 0 radical (unpaired) electrons. The van der Waals surface area contributed by atoms with Crippen molar-refractivity contribution in [1.29, 1.82) is 0 Å². The first-order valence-electron chi connectivity index (χ1n) is 8.99. The molecule has 6 heteroatoms. The summed E-state index contributed by atoms with van der Waals surface area (Å²) < 4.78 is 6.82. The summed E-state index contributed by atoms with van der Waals surface area (Å²) in [4.78, 5) is 32.2. The van der Waals surface area contributed by atoms with Crippen LogP contribution in [0.2, 0.25) is 0 Å². The second-order valence-corrected chi connectivity index (χ2v) is 8.65. The summed E-state index contributed by atoms with van der Waals surface area (Å²) in [5, 5.41) is 0.709. The third kappa shape index (κ3) is 3.36. The number of aromatic nitrogens is 2. The van der Waals surface area contributed by atoms with E-state index in [-0.39, 0.29) is 17.4 Å². The van der Waals surface area contributed by atoms with E-state index in [4.69, 9.17) is 4.74 Å². The Morgan fingerprint density at radius 1 is 1.40 bits per heavy atom. The summed E-state index contributed by atoms with van der Waals surface area (Å²) in [5.74, 6) is 1.10. The standard InChI is InChI=1S/C19H26N2O3S/c1-10(2)9-24-19(23)12(4)21-13(5)20-17-16(18(21)22)14-7-6-11(3)8-15(14)25-17/h10-12H,6-9H2,1-5H3. The Hall–Kier alpha value is -1.69. The SMILES string of the molecule is Cc1nc2sc3c(c2c(=O)n1C(C)C(=O)OCC(C)C)CCC(C)C3. The summed E-state index contributed by atoms with van der Waals surface area (Å²) >= 11 is 1.63. The fraction of sp³-hybridized carbons (Fsp3) is 0.632. The third-order valence-electron chi connectivity index (χ3n) is 4.83. The summed E-state index contributed by atoms with van der Waals surface area (Å²) in [6, 6.07) is -0.666. The highest BCUT2D eigenvalue weighted by Gasteiger charge is 2.27. The van der Waals surface area contributed by atoms with E-state index in [1.54, 1.807) is 25.2 Å². The van der Waals surface area contributed by atoms with E-state index in [1.807, 2.05) is 13.8 Å². The normalized spacial score (nSPS) is 18.4. The van der Waals surface area contributed by atoms with E-state index in [2.05, 4.69) is 11.9 Å². The molecule has 2 heterocycles. The first-order valence-corrected chi connectivity index (χ1v) is 9.81. The van der Waals surface area contributed by atoms with Gasteiger partial charge in [0.25, 0.3) is 5.56 Å². The summed E-state index contributed by atoms with van der Waals surface area (Å²) in [6.07, 6.45) is 3.03. The number of nitrogens with zero attached hydrogens (tertiary/aromatic N) is 2. The van der Waals surface area contributed by atoms with Gasteiger partial charge in [-0.2, -0.15) is 0 Å². The Balaban J connectivity index is 2.04. The number of aryl methyl sites for hydroxylation is 2. The van der Waals surface area contributed by atoms with E-state index >= 15 is 0 Å². The Kier molecular flexibility index (Phi) is 5.00. The lowest BCUT2D eigenvalue weighted by molar-refractivity contribution is -0.148. The maximum atomic E-state index is 13.2. The van der Waals surface area contributed by atoms with Gasteiger partial charge in [-0.3, -0.25) is 9.36 Å². The Labute approximate surface area is 152 Å². The largest absolute Gasteiger partial charge is 0.464 e. The molecule has 0 aliphatic heterocycles. The number of ether oxygens (including phenoxy) is 1. The van der Waals surface area contributed by atoms with Crippen LogP contribution < -0.4 is 5.56 Å². The smallest absolute Gasteiger partial charge is 0.329 e. The molecule has 0 saturated carbocycles. The van der Waals surface area contributed by atoms with Crippen molar-refractivity contribution in [2.45, 2.75) is 59.9 Å². The van der Waals surface area contributed by atoms with Gasteiger partial charge in [0.2, 0.25) is 0 Å². The third-order valence-corrected chi connectivity index (χ3v) is 5.97. The number of hydrogen-bond donors (Lipinski definition) is 0. The maximum absolute atomic E-state index is 13.2. The quantitative estimate of drug-likeness (QED) is 0.779. The minimum atomic E-state index is -0.666. The molecule has 0 saturated heterocycles. The molecule has 1 aliphatic carbocycles. The fourth-order valence-corrected chi connectivity index (χ4v) is 4.85. The van der Waals surface area contributed by atoms with Crippen molar-refractivity contribution in [2.75, 3.05) is 6.61 Å². The number of carbonyl (C=O) groups is 1. The first-order chi connectivity index (χ1) is 11.8. The predicted molar refractivity (Wildman–Crippen MR) is 100 cm³/mol. The van der Waals surface area contributed by atoms with Gasteiger partial charge in [0.1, 0.15) is 16.7 Å². The zero-order chi connectivity index (χ0) is 18.3. The molecule has 3 rings (SSSR count). The van der Waals surface area contributed by atoms with Gasteiger partial charge in [-0.15, -0.1) is 11.3 Å². The average Bonchev–Trinajstić information content (AvgIpc) is 2.89. The van der Waals surface area contributed by atoms with Crippen molar-refractivity contribution in [1.82, 2.24) is 9.55 Å². The predicted octanol–water partition coefficient (Wildman–Crippen LogP) is 3.65. The van der Waals surface area contributed by atoms with Crippen LogP contribution in [0.25, 0.3) is 10.2 Å². The Morgan fingerprint density at radius 2 is 2.12 bits per heavy atom. The maximum Gasteiger partial charge on any atom is 0.329 e. The molecule has 136 valence electrons. The van der Waals surface area contributed by atoms with Crippen LogP contribution in [0.3, 0.4) is 0 Å². The second kappa shape index (κ2) is 6.90. The number of hydrogen-bond acceptors (Lipinski definition) is 5. The lowest BCUT2D eigenvalue weighted by atomic mass is 9.89. The van der Waals surface area contributed by atoms with Crippen LogP contribution in [-0.2, 0) is 22.4 Å². The molecule has 0 N–H and O–H groups in total. The average molecular weight is 362 g/mol. The van der Waals surface area contributed by atoms with Gasteiger partial charge in [-0.05, 0) is 50.5 Å². The van der Waals surface area contributed by atoms with Crippen LogP contribution >= 0.6 is 11.3 Å².